The highest BCUT2D eigenvalue weighted by molar-refractivity contribution is 5.82. The molecule has 0 atom stereocenters. The summed E-state index contributed by atoms with van der Waals surface area (Å²) < 4.78 is 1.44. The molecule has 0 saturated heterocycles. The topological polar surface area (TPSA) is 98.2 Å². The van der Waals surface area contributed by atoms with Crippen LogP contribution in [0.15, 0.2) is 5.10 Å². The number of aromatic nitrogens is 3. The van der Waals surface area contributed by atoms with E-state index in [0.717, 1.165) is 5.71 Å². The van der Waals surface area contributed by atoms with Crippen LogP contribution in [0.25, 0.3) is 0 Å². The number of fused-ring (bicyclic) bond motifs is 1. The molecule has 8 heteroatoms. The highest BCUT2D eigenvalue weighted by Gasteiger charge is 2.22. The molecular weight excluding hydrogens is 188 g/mol. The molecule has 0 radical (unpaired) electrons. The Hall–Kier alpha value is -1.99. The van der Waals surface area contributed by atoms with Crippen LogP contribution in [0.1, 0.15) is 13.3 Å². The lowest BCUT2D eigenvalue weighted by Gasteiger charge is -1.91. The van der Waals surface area contributed by atoms with Crippen molar-refractivity contribution in [3.63, 3.8) is 0 Å². The molecule has 2 rings (SSSR count). The van der Waals surface area contributed by atoms with Crippen molar-refractivity contribution in [1.29, 1.82) is 0 Å². The van der Waals surface area contributed by atoms with Gasteiger partial charge in [-0.2, -0.15) is 5.10 Å². The number of nitrogens with one attached hydrogen (secondary N) is 1. The Morgan fingerprint density at radius 3 is 3.14 bits per heavy atom. The van der Waals surface area contributed by atoms with Crippen LogP contribution in [0, 0.1) is 10.1 Å². The Morgan fingerprint density at radius 2 is 2.43 bits per heavy atom. The molecule has 1 aromatic heterocycles. The third-order valence-electron chi connectivity index (χ3n) is 1.86. The standard InChI is InChI=1S/C6H8N6O2/c1-4-2-3-11-5(9-8-4)7-6(10-11)12(13)14/h2-3H2,1H3,(H,7,9,10). The monoisotopic (exact) mass is 196 g/mol. The summed E-state index contributed by atoms with van der Waals surface area (Å²) in [7, 11) is 0. The number of nitrogens with zero attached hydrogens (tertiary/aromatic N) is 5. The first-order chi connectivity index (χ1) is 6.66. The van der Waals surface area contributed by atoms with Gasteiger partial charge >= 0.3 is 11.9 Å². The summed E-state index contributed by atoms with van der Waals surface area (Å²) in [6.45, 7) is 2.42. The van der Waals surface area contributed by atoms with E-state index in [9.17, 15) is 10.1 Å². The zero-order valence-corrected chi connectivity index (χ0v) is 7.47. The largest absolute Gasteiger partial charge is 0.493 e. The van der Waals surface area contributed by atoms with Gasteiger partial charge in [0.15, 0.2) is 0 Å². The van der Waals surface area contributed by atoms with Gasteiger partial charge in [0.25, 0.3) is 0 Å². The van der Waals surface area contributed by atoms with E-state index in [-0.39, 0.29) is 0 Å². The average molecular weight is 196 g/mol. The van der Waals surface area contributed by atoms with Gasteiger partial charge < -0.3 is 10.1 Å². The fourth-order valence-electron chi connectivity index (χ4n) is 1.12. The third-order valence-corrected chi connectivity index (χ3v) is 1.86. The number of anilines is 1. The lowest BCUT2D eigenvalue weighted by molar-refractivity contribution is -0.394. The number of aryl methyl sites for hydroxylation is 1. The lowest BCUT2D eigenvalue weighted by Crippen LogP contribution is -2.03. The molecule has 1 N–H and O–H groups in total. The SMILES string of the molecule is CC1=NNc2nc([N+](=O)[O-])nn2CC1. The van der Waals surface area contributed by atoms with E-state index in [4.69, 9.17) is 0 Å². The van der Waals surface area contributed by atoms with Crippen molar-refractivity contribution >= 4 is 17.6 Å². The molecule has 0 fully saturated rings. The van der Waals surface area contributed by atoms with Gasteiger partial charge in [0.2, 0.25) is 0 Å². The normalized spacial score (nSPS) is 15.1. The second kappa shape index (κ2) is 3.05. The fourth-order valence-corrected chi connectivity index (χ4v) is 1.12. The van der Waals surface area contributed by atoms with Crippen LogP contribution in [0.4, 0.5) is 11.9 Å². The van der Waals surface area contributed by atoms with Gasteiger partial charge in [-0.3, -0.25) is 0 Å². The Morgan fingerprint density at radius 1 is 1.64 bits per heavy atom. The molecule has 0 unspecified atom stereocenters. The predicted molar refractivity (Wildman–Crippen MR) is 48.0 cm³/mol. The van der Waals surface area contributed by atoms with E-state index < -0.39 is 10.9 Å². The Bertz CT molecular complexity index is 408. The van der Waals surface area contributed by atoms with Crippen molar-refractivity contribution in [2.45, 2.75) is 19.9 Å². The van der Waals surface area contributed by atoms with Crippen LogP contribution < -0.4 is 5.43 Å². The Balaban J connectivity index is 2.34. The number of hydrogen-bond donors (Lipinski definition) is 1. The van der Waals surface area contributed by atoms with Crippen LogP contribution in [0.3, 0.4) is 0 Å². The van der Waals surface area contributed by atoms with Crippen molar-refractivity contribution in [3.8, 4) is 0 Å². The number of nitro groups is 1. The van der Waals surface area contributed by atoms with Crippen LogP contribution in [-0.2, 0) is 6.54 Å². The third kappa shape index (κ3) is 1.41. The molecule has 1 aliphatic rings. The molecule has 8 nitrogen and oxygen atoms in total. The summed E-state index contributed by atoms with van der Waals surface area (Å²) in [6, 6.07) is 0. The van der Waals surface area contributed by atoms with E-state index in [1.54, 1.807) is 0 Å². The van der Waals surface area contributed by atoms with Crippen LogP contribution in [0.2, 0.25) is 0 Å². The molecular formula is C6H8N6O2. The van der Waals surface area contributed by atoms with Crippen molar-refractivity contribution < 1.29 is 4.92 Å². The summed E-state index contributed by atoms with van der Waals surface area (Å²) in [5.41, 5.74) is 3.54. The van der Waals surface area contributed by atoms with Crippen molar-refractivity contribution in [2.24, 2.45) is 5.10 Å². The van der Waals surface area contributed by atoms with E-state index in [1.165, 1.54) is 4.68 Å². The highest BCUT2D eigenvalue weighted by Crippen LogP contribution is 2.13. The quantitative estimate of drug-likeness (QED) is 0.517. The molecule has 0 bridgehead atoms. The van der Waals surface area contributed by atoms with E-state index in [2.05, 4.69) is 20.6 Å². The Kier molecular flexibility index (Phi) is 1.88. The molecule has 0 aliphatic carbocycles. The highest BCUT2D eigenvalue weighted by atomic mass is 16.6. The predicted octanol–water partition coefficient (Wildman–Crippen LogP) is 0.378. The van der Waals surface area contributed by atoms with Crippen LogP contribution in [0.5, 0.6) is 0 Å². The molecule has 0 saturated carbocycles. The minimum atomic E-state index is -0.625. The molecule has 2 heterocycles. The Labute approximate surface area is 78.8 Å². The van der Waals surface area contributed by atoms with E-state index in [0.29, 0.717) is 18.9 Å². The van der Waals surface area contributed by atoms with E-state index in [1.807, 2.05) is 6.92 Å². The smallest absolute Gasteiger partial charge is 0.390 e. The molecule has 0 spiro atoms. The lowest BCUT2D eigenvalue weighted by atomic mass is 10.3. The van der Waals surface area contributed by atoms with Gasteiger partial charge in [0, 0.05) is 17.2 Å². The average Bonchev–Trinajstić information content (AvgIpc) is 2.48. The van der Waals surface area contributed by atoms with Gasteiger partial charge in [0.1, 0.15) is 0 Å². The first-order valence-electron chi connectivity index (χ1n) is 4.05. The van der Waals surface area contributed by atoms with Crippen molar-refractivity contribution in [3.05, 3.63) is 10.1 Å². The van der Waals surface area contributed by atoms with E-state index >= 15 is 0 Å². The molecule has 14 heavy (non-hydrogen) atoms. The number of rotatable bonds is 1. The molecule has 74 valence electrons. The van der Waals surface area contributed by atoms with Gasteiger partial charge in [-0.25, -0.2) is 5.43 Å². The fraction of sp³-hybridized carbons (Fsp3) is 0.500. The first kappa shape index (κ1) is 8.60. The van der Waals surface area contributed by atoms with Gasteiger partial charge in [-0.1, -0.05) is 0 Å². The van der Waals surface area contributed by atoms with Crippen LogP contribution in [-0.4, -0.2) is 25.4 Å². The molecule has 1 aromatic rings. The van der Waals surface area contributed by atoms with Gasteiger partial charge in [-0.15, -0.1) is 4.68 Å². The summed E-state index contributed by atoms with van der Waals surface area (Å²) >= 11 is 0. The van der Waals surface area contributed by atoms with Crippen molar-refractivity contribution in [1.82, 2.24) is 14.8 Å². The number of hydrogen-bond acceptors (Lipinski definition) is 6. The van der Waals surface area contributed by atoms with Crippen LogP contribution >= 0.6 is 0 Å². The van der Waals surface area contributed by atoms with Gasteiger partial charge in [-0.05, 0) is 16.8 Å². The summed E-state index contributed by atoms with van der Waals surface area (Å²) in [6.07, 6.45) is 0.709. The zero-order valence-electron chi connectivity index (χ0n) is 7.47. The second-order valence-electron chi connectivity index (χ2n) is 2.92. The first-order valence-corrected chi connectivity index (χ1v) is 4.05. The maximum atomic E-state index is 10.4. The summed E-state index contributed by atoms with van der Waals surface area (Å²) in [4.78, 5) is 13.4. The maximum absolute atomic E-state index is 10.4. The van der Waals surface area contributed by atoms with Crippen molar-refractivity contribution in [2.75, 3.05) is 5.43 Å². The summed E-state index contributed by atoms with van der Waals surface area (Å²) in [5, 5.41) is 18.0. The summed E-state index contributed by atoms with van der Waals surface area (Å²) in [5.74, 6) is -0.0872. The van der Waals surface area contributed by atoms with Gasteiger partial charge in [0.05, 0.1) is 6.54 Å². The molecule has 0 amide bonds. The molecule has 1 aliphatic heterocycles. The molecule has 0 aromatic carbocycles. The number of hydrazone groups is 1. The maximum Gasteiger partial charge on any atom is 0.493 e. The zero-order chi connectivity index (χ0) is 10.1. The minimum Gasteiger partial charge on any atom is -0.390 e. The minimum absolute atomic E-state index is 0.313. The second-order valence-corrected chi connectivity index (χ2v) is 2.92.